The molecular formula is C16H29N3O4S. The molecular weight excluding hydrogens is 330 g/mol. The van der Waals surface area contributed by atoms with E-state index in [0.29, 0.717) is 32.0 Å². The van der Waals surface area contributed by atoms with Gasteiger partial charge in [0, 0.05) is 45.3 Å². The van der Waals surface area contributed by atoms with Crippen LogP contribution >= 0.6 is 0 Å². The van der Waals surface area contributed by atoms with Crippen LogP contribution in [0.2, 0.25) is 0 Å². The fourth-order valence-corrected chi connectivity index (χ4v) is 6.60. The normalized spacial score (nSPS) is 33.5. The van der Waals surface area contributed by atoms with Crippen LogP contribution in [0.1, 0.15) is 32.1 Å². The molecule has 8 heteroatoms. The van der Waals surface area contributed by atoms with Crippen LogP contribution in [0, 0.1) is 5.92 Å². The minimum atomic E-state index is -3.45. The SMILES string of the molecule is COC(=O)C1CCCCC1S(=O)(=O)N1CCC(N2CCNCC2)C1. The van der Waals surface area contributed by atoms with Gasteiger partial charge in [0.15, 0.2) is 0 Å². The van der Waals surface area contributed by atoms with Crippen molar-refractivity contribution in [3.8, 4) is 0 Å². The summed E-state index contributed by atoms with van der Waals surface area (Å²) in [5.41, 5.74) is 0. The Kier molecular flexibility index (Phi) is 5.79. The predicted octanol–water partition coefficient (Wildman–Crippen LogP) is 0.0275. The number of esters is 1. The van der Waals surface area contributed by atoms with Gasteiger partial charge < -0.3 is 10.1 Å². The monoisotopic (exact) mass is 359 g/mol. The smallest absolute Gasteiger partial charge is 0.310 e. The highest BCUT2D eigenvalue weighted by Gasteiger charge is 2.45. The average Bonchev–Trinajstić information content (AvgIpc) is 3.13. The van der Waals surface area contributed by atoms with E-state index in [-0.39, 0.29) is 5.97 Å². The minimum absolute atomic E-state index is 0.307. The van der Waals surface area contributed by atoms with Gasteiger partial charge in [-0.2, -0.15) is 0 Å². The lowest BCUT2D eigenvalue weighted by atomic mass is 9.89. The zero-order valence-corrected chi connectivity index (χ0v) is 15.3. The number of ether oxygens (including phenoxy) is 1. The zero-order chi connectivity index (χ0) is 17.2. The Bertz CT molecular complexity index is 548. The highest BCUT2D eigenvalue weighted by molar-refractivity contribution is 7.89. The Labute approximate surface area is 144 Å². The number of sulfonamides is 1. The summed E-state index contributed by atoms with van der Waals surface area (Å²) in [4.78, 5) is 14.4. The Morgan fingerprint density at radius 1 is 1.08 bits per heavy atom. The maximum atomic E-state index is 13.1. The van der Waals surface area contributed by atoms with Gasteiger partial charge in [-0.25, -0.2) is 12.7 Å². The second-order valence-corrected chi connectivity index (χ2v) is 9.24. The lowest BCUT2D eigenvalue weighted by molar-refractivity contribution is -0.146. The van der Waals surface area contributed by atoms with E-state index in [1.807, 2.05) is 0 Å². The molecule has 1 saturated carbocycles. The van der Waals surface area contributed by atoms with Crippen molar-refractivity contribution in [2.24, 2.45) is 5.92 Å². The molecule has 3 rings (SSSR count). The van der Waals surface area contributed by atoms with E-state index in [1.165, 1.54) is 7.11 Å². The number of piperazine rings is 1. The Hall–Kier alpha value is -0.700. The first-order valence-corrected chi connectivity index (χ1v) is 10.6. The molecule has 0 aromatic heterocycles. The molecule has 3 unspecified atom stereocenters. The number of hydrogen-bond donors (Lipinski definition) is 1. The topological polar surface area (TPSA) is 79.0 Å². The maximum absolute atomic E-state index is 13.1. The molecule has 0 radical (unpaired) electrons. The highest BCUT2D eigenvalue weighted by atomic mass is 32.2. The summed E-state index contributed by atoms with van der Waals surface area (Å²) in [5.74, 6) is -0.881. The first-order valence-electron chi connectivity index (χ1n) is 9.05. The quantitative estimate of drug-likeness (QED) is 0.714. The molecule has 7 nitrogen and oxygen atoms in total. The molecule has 1 N–H and O–H groups in total. The summed E-state index contributed by atoms with van der Waals surface area (Å²) in [6, 6.07) is 0.307. The number of rotatable bonds is 4. The third-order valence-electron chi connectivity index (χ3n) is 5.74. The molecule has 3 aliphatic rings. The van der Waals surface area contributed by atoms with Gasteiger partial charge in [0.25, 0.3) is 0 Å². The van der Waals surface area contributed by atoms with Gasteiger partial charge in [0.05, 0.1) is 18.3 Å². The van der Waals surface area contributed by atoms with Crippen molar-refractivity contribution in [2.75, 3.05) is 46.4 Å². The fourth-order valence-electron chi connectivity index (χ4n) is 4.35. The van der Waals surface area contributed by atoms with Crippen molar-refractivity contribution in [1.29, 1.82) is 0 Å². The van der Waals surface area contributed by atoms with E-state index >= 15 is 0 Å². The summed E-state index contributed by atoms with van der Waals surface area (Å²) in [6.07, 6.45) is 3.83. The van der Waals surface area contributed by atoms with Crippen LogP contribution in [-0.4, -0.2) is 81.3 Å². The van der Waals surface area contributed by atoms with Crippen LogP contribution < -0.4 is 5.32 Å². The van der Waals surface area contributed by atoms with Crippen LogP contribution in [-0.2, 0) is 19.6 Å². The minimum Gasteiger partial charge on any atom is -0.469 e. The van der Waals surface area contributed by atoms with Gasteiger partial charge in [-0.1, -0.05) is 12.8 Å². The maximum Gasteiger partial charge on any atom is 0.310 e. The Morgan fingerprint density at radius 3 is 2.50 bits per heavy atom. The van der Waals surface area contributed by atoms with Crippen LogP contribution in [0.3, 0.4) is 0 Å². The molecule has 24 heavy (non-hydrogen) atoms. The molecule has 0 aromatic rings. The third kappa shape index (κ3) is 3.61. The molecule has 1 aliphatic carbocycles. The first kappa shape index (κ1) is 18.1. The lowest BCUT2D eigenvalue weighted by Crippen LogP contribution is -2.50. The van der Waals surface area contributed by atoms with Crippen molar-refractivity contribution in [3.63, 3.8) is 0 Å². The largest absolute Gasteiger partial charge is 0.469 e. The molecule has 0 bridgehead atoms. The molecule has 2 saturated heterocycles. The second-order valence-electron chi connectivity index (χ2n) is 7.08. The van der Waals surface area contributed by atoms with Crippen LogP contribution in [0.25, 0.3) is 0 Å². The van der Waals surface area contributed by atoms with Crippen LogP contribution in [0.4, 0.5) is 0 Å². The van der Waals surface area contributed by atoms with E-state index in [0.717, 1.165) is 45.4 Å². The second kappa shape index (κ2) is 7.68. The Balaban J connectivity index is 1.69. The number of carbonyl (C=O) groups is 1. The summed E-state index contributed by atoms with van der Waals surface area (Å²) >= 11 is 0. The molecule has 2 aliphatic heterocycles. The van der Waals surface area contributed by atoms with Gasteiger partial charge in [-0.05, 0) is 19.3 Å². The van der Waals surface area contributed by atoms with Gasteiger partial charge >= 0.3 is 5.97 Å². The average molecular weight is 359 g/mol. The van der Waals surface area contributed by atoms with Crippen LogP contribution in [0.15, 0.2) is 0 Å². The van der Waals surface area contributed by atoms with Crippen LogP contribution in [0.5, 0.6) is 0 Å². The van der Waals surface area contributed by atoms with E-state index in [2.05, 4.69) is 10.2 Å². The molecule has 138 valence electrons. The fraction of sp³-hybridized carbons (Fsp3) is 0.938. The number of methoxy groups -OCH3 is 1. The molecule has 2 heterocycles. The predicted molar refractivity (Wildman–Crippen MR) is 91.1 cm³/mol. The van der Waals surface area contributed by atoms with Gasteiger partial charge in [-0.3, -0.25) is 9.69 Å². The Morgan fingerprint density at radius 2 is 1.79 bits per heavy atom. The third-order valence-corrected chi connectivity index (χ3v) is 8.12. The first-order chi connectivity index (χ1) is 11.5. The summed E-state index contributed by atoms with van der Waals surface area (Å²) < 4.78 is 32.8. The van der Waals surface area contributed by atoms with Gasteiger partial charge in [-0.15, -0.1) is 0 Å². The zero-order valence-electron chi connectivity index (χ0n) is 14.4. The molecule has 0 amide bonds. The van der Waals surface area contributed by atoms with E-state index in [1.54, 1.807) is 4.31 Å². The van der Waals surface area contributed by atoms with Gasteiger partial charge in [0.2, 0.25) is 10.0 Å². The molecule has 0 aromatic carbocycles. The standard InChI is InChI=1S/C16H29N3O4S/c1-23-16(20)14-4-2-3-5-15(14)24(21,22)19-9-6-13(12-19)18-10-7-17-8-11-18/h13-15,17H,2-12H2,1H3. The lowest BCUT2D eigenvalue weighted by Gasteiger charge is -2.34. The molecule has 3 fully saturated rings. The number of hydrogen-bond acceptors (Lipinski definition) is 6. The number of carbonyl (C=O) groups excluding carboxylic acids is 1. The van der Waals surface area contributed by atoms with Crippen molar-refractivity contribution < 1.29 is 17.9 Å². The summed E-state index contributed by atoms with van der Waals surface area (Å²) in [5, 5.41) is 2.72. The highest BCUT2D eigenvalue weighted by Crippen LogP contribution is 2.34. The van der Waals surface area contributed by atoms with E-state index in [4.69, 9.17) is 4.74 Å². The van der Waals surface area contributed by atoms with Crippen molar-refractivity contribution >= 4 is 16.0 Å². The molecule has 3 atom stereocenters. The number of nitrogens with one attached hydrogen (secondary N) is 1. The summed E-state index contributed by atoms with van der Waals surface area (Å²) in [6.45, 7) is 5.03. The molecule has 0 spiro atoms. The van der Waals surface area contributed by atoms with Crippen molar-refractivity contribution in [3.05, 3.63) is 0 Å². The van der Waals surface area contributed by atoms with E-state index in [9.17, 15) is 13.2 Å². The number of nitrogens with zero attached hydrogens (tertiary/aromatic N) is 2. The van der Waals surface area contributed by atoms with Gasteiger partial charge in [0.1, 0.15) is 0 Å². The summed E-state index contributed by atoms with van der Waals surface area (Å²) in [7, 11) is -2.10. The van der Waals surface area contributed by atoms with Crippen molar-refractivity contribution in [2.45, 2.75) is 43.4 Å². The van der Waals surface area contributed by atoms with Crippen molar-refractivity contribution in [1.82, 2.24) is 14.5 Å². The van der Waals surface area contributed by atoms with E-state index < -0.39 is 21.2 Å².